The molecule has 1 N–H and O–H groups in total. The van der Waals surface area contributed by atoms with E-state index in [1.54, 1.807) is 0 Å². The SMILES string of the molecule is CCc1ccc(Cn2c(C(C)(C)C)c[nH]c2=S)s1. The van der Waals surface area contributed by atoms with E-state index in [0.29, 0.717) is 0 Å². The van der Waals surface area contributed by atoms with E-state index < -0.39 is 0 Å². The normalized spacial score (nSPS) is 12.0. The maximum Gasteiger partial charge on any atom is 0.177 e. The summed E-state index contributed by atoms with van der Waals surface area (Å²) in [6, 6.07) is 4.43. The van der Waals surface area contributed by atoms with Gasteiger partial charge in [-0.15, -0.1) is 11.3 Å². The number of H-pyrrole nitrogens is 1. The summed E-state index contributed by atoms with van der Waals surface area (Å²) < 4.78 is 3.02. The molecule has 4 heteroatoms. The molecule has 2 aromatic heterocycles. The molecule has 0 aliphatic rings. The summed E-state index contributed by atoms with van der Waals surface area (Å²) in [5.41, 5.74) is 1.37. The lowest BCUT2D eigenvalue weighted by atomic mass is 9.92. The number of hydrogen-bond donors (Lipinski definition) is 1. The molecule has 18 heavy (non-hydrogen) atoms. The van der Waals surface area contributed by atoms with Crippen LogP contribution in [0.4, 0.5) is 0 Å². The number of aryl methyl sites for hydroxylation is 1. The van der Waals surface area contributed by atoms with Crippen molar-refractivity contribution in [2.45, 2.75) is 46.1 Å². The van der Waals surface area contributed by atoms with Crippen LogP contribution >= 0.6 is 23.6 Å². The average Bonchev–Trinajstić information content (AvgIpc) is 2.86. The van der Waals surface area contributed by atoms with E-state index in [0.717, 1.165) is 17.7 Å². The molecule has 0 bridgehead atoms. The predicted molar refractivity (Wildman–Crippen MR) is 81.1 cm³/mol. The van der Waals surface area contributed by atoms with Gasteiger partial charge >= 0.3 is 0 Å². The van der Waals surface area contributed by atoms with Gasteiger partial charge in [0.25, 0.3) is 0 Å². The van der Waals surface area contributed by atoms with Gasteiger partial charge in [0.05, 0.1) is 6.54 Å². The van der Waals surface area contributed by atoms with E-state index >= 15 is 0 Å². The lowest BCUT2D eigenvalue weighted by Gasteiger charge is -2.20. The molecule has 0 unspecified atom stereocenters. The minimum absolute atomic E-state index is 0.110. The smallest absolute Gasteiger partial charge is 0.177 e. The van der Waals surface area contributed by atoms with E-state index in [1.807, 2.05) is 17.5 Å². The van der Waals surface area contributed by atoms with Crippen molar-refractivity contribution in [2.24, 2.45) is 0 Å². The van der Waals surface area contributed by atoms with Gasteiger partial charge < -0.3 is 9.55 Å². The molecule has 0 aliphatic carbocycles. The minimum atomic E-state index is 0.110. The summed E-state index contributed by atoms with van der Waals surface area (Å²) in [6.07, 6.45) is 3.14. The topological polar surface area (TPSA) is 20.7 Å². The van der Waals surface area contributed by atoms with Crippen LogP contribution in [-0.2, 0) is 18.4 Å². The highest BCUT2D eigenvalue weighted by Gasteiger charge is 2.19. The number of nitrogens with zero attached hydrogens (tertiary/aromatic N) is 1. The number of rotatable bonds is 3. The fourth-order valence-corrected chi connectivity index (χ4v) is 3.20. The van der Waals surface area contributed by atoms with Crippen molar-refractivity contribution in [3.05, 3.63) is 38.5 Å². The van der Waals surface area contributed by atoms with Crippen molar-refractivity contribution in [2.75, 3.05) is 0 Å². The van der Waals surface area contributed by atoms with Gasteiger partial charge in [-0.25, -0.2) is 0 Å². The molecule has 0 saturated heterocycles. The van der Waals surface area contributed by atoms with Crippen LogP contribution in [0.1, 0.15) is 43.1 Å². The molecule has 98 valence electrons. The van der Waals surface area contributed by atoms with Gasteiger partial charge in [-0.05, 0) is 30.8 Å². The molecule has 0 aromatic carbocycles. The minimum Gasteiger partial charge on any atom is -0.337 e. The van der Waals surface area contributed by atoms with E-state index in [4.69, 9.17) is 12.2 Å². The number of nitrogens with one attached hydrogen (secondary N) is 1. The summed E-state index contributed by atoms with van der Waals surface area (Å²) in [6.45, 7) is 9.71. The van der Waals surface area contributed by atoms with Crippen LogP contribution < -0.4 is 0 Å². The molecule has 0 atom stereocenters. The summed E-state index contributed by atoms with van der Waals surface area (Å²) in [5.74, 6) is 0. The van der Waals surface area contributed by atoms with Crippen LogP contribution in [0.5, 0.6) is 0 Å². The summed E-state index contributed by atoms with van der Waals surface area (Å²) in [4.78, 5) is 5.97. The molecule has 2 aromatic rings. The van der Waals surface area contributed by atoms with Crippen molar-refractivity contribution >= 4 is 23.6 Å². The lowest BCUT2D eigenvalue weighted by Crippen LogP contribution is -2.17. The van der Waals surface area contributed by atoms with Crippen LogP contribution in [0, 0.1) is 4.77 Å². The van der Waals surface area contributed by atoms with Gasteiger partial charge in [0, 0.05) is 27.1 Å². The Balaban J connectivity index is 2.34. The summed E-state index contributed by atoms with van der Waals surface area (Å²) >= 11 is 7.27. The van der Waals surface area contributed by atoms with E-state index in [2.05, 4.69) is 49.4 Å². The summed E-state index contributed by atoms with van der Waals surface area (Å²) in [5, 5.41) is 0. The average molecular weight is 280 g/mol. The van der Waals surface area contributed by atoms with Crippen LogP contribution in [0.15, 0.2) is 18.3 Å². The third-order valence-electron chi connectivity index (χ3n) is 3.02. The first-order valence-corrected chi connectivity index (χ1v) is 7.50. The Morgan fingerprint density at radius 3 is 2.50 bits per heavy atom. The molecule has 2 heterocycles. The molecular weight excluding hydrogens is 260 g/mol. The Bertz CT molecular complexity index is 581. The van der Waals surface area contributed by atoms with E-state index in [1.165, 1.54) is 15.4 Å². The maximum absolute atomic E-state index is 5.39. The van der Waals surface area contributed by atoms with Gasteiger partial charge in [-0.1, -0.05) is 27.7 Å². The fourth-order valence-electron chi connectivity index (χ4n) is 2.03. The second-order valence-electron chi connectivity index (χ2n) is 5.54. The number of imidazole rings is 1. The molecular formula is C14H20N2S2. The molecule has 0 radical (unpaired) electrons. The number of aromatic nitrogens is 2. The molecule has 0 spiro atoms. The molecule has 2 nitrogen and oxygen atoms in total. The quantitative estimate of drug-likeness (QED) is 0.820. The predicted octanol–water partition coefficient (Wildman–Crippen LogP) is 4.52. The third-order valence-corrected chi connectivity index (χ3v) is 4.57. The first kappa shape index (κ1) is 13.6. The van der Waals surface area contributed by atoms with Gasteiger partial charge in [-0.3, -0.25) is 0 Å². The van der Waals surface area contributed by atoms with Crippen molar-refractivity contribution in [1.82, 2.24) is 9.55 Å². The molecule has 0 amide bonds. The second-order valence-corrected chi connectivity index (χ2v) is 7.18. The highest BCUT2D eigenvalue weighted by Crippen LogP contribution is 2.25. The molecule has 0 fully saturated rings. The summed E-state index contributed by atoms with van der Waals surface area (Å²) in [7, 11) is 0. The Labute approximate surface area is 118 Å². The largest absolute Gasteiger partial charge is 0.337 e. The van der Waals surface area contributed by atoms with Crippen LogP contribution in [0.25, 0.3) is 0 Å². The first-order chi connectivity index (χ1) is 8.41. The molecule has 2 rings (SSSR count). The zero-order valence-electron chi connectivity index (χ0n) is 11.4. The van der Waals surface area contributed by atoms with Crippen molar-refractivity contribution in [3.8, 4) is 0 Å². The van der Waals surface area contributed by atoms with Crippen LogP contribution in [0.2, 0.25) is 0 Å². The Kier molecular flexibility index (Phi) is 3.78. The van der Waals surface area contributed by atoms with E-state index in [9.17, 15) is 0 Å². The van der Waals surface area contributed by atoms with Crippen LogP contribution in [0.3, 0.4) is 0 Å². The Morgan fingerprint density at radius 2 is 1.94 bits per heavy atom. The fraction of sp³-hybridized carbons (Fsp3) is 0.500. The number of thiophene rings is 1. The maximum atomic E-state index is 5.39. The molecule has 0 saturated carbocycles. The van der Waals surface area contributed by atoms with Gasteiger partial charge in [0.15, 0.2) is 4.77 Å². The highest BCUT2D eigenvalue weighted by atomic mass is 32.1. The van der Waals surface area contributed by atoms with Gasteiger partial charge in [-0.2, -0.15) is 0 Å². The van der Waals surface area contributed by atoms with Gasteiger partial charge in [0.2, 0.25) is 0 Å². The second kappa shape index (κ2) is 5.02. The standard InChI is InChI=1S/C14H20N2S2/c1-5-10-6-7-11(18-10)9-16-12(14(2,3)4)8-15-13(16)17/h6-8H,5,9H2,1-4H3,(H,15,17). The zero-order valence-corrected chi connectivity index (χ0v) is 13.0. The Morgan fingerprint density at radius 1 is 1.28 bits per heavy atom. The lowest BCUT2D eigenvalue weighted by molar-refractivity contribution is 0.530. The number of hydrogen-bond acceptors (Lipinski definition) is 2. The molecule has 0 aliphatic heterocycles. The third kappa shape index (κ3) is 2.75. The van der Waals surface area contributed by atoms with Crippen LogP contribution in [-0.4, -0.2) is 9.55 Å². The van der Waals surface area contributed by atoms with Crippen molar-refractivity contribution in [3.63, 3.8) is 0 Å². The Hall–Kier alpha value is -0.870. The van der Waals surface area contributed by atoms with E-state index in [-0.39, 0.29) is 5.41 Å². The highest BCUT2D eigenvalue weighted by molar-refractivity contribution is 7.71. The zero-order chi connectivity index (χ0) is 13.3. The number of aromatic amines is 1. The monoisotopic (exact) mass is 280 g/mol. The van der Waals surface area contributed by atoms with Crippen molar-refractivity contribution in [1.29, 1.82) is 0 Å². The van der Waals surface area contributed by atoms with Gasteiger partial charge in [0.1, 0.15) is 0 Å². The first-order valence-electron chi connectivity index (χ1n) is 6.28. The van der Waals surface area contributed by atoms with Crippen molar-refractivity contribution < 1.29 is 0 Å².